The first-order chi connectivity index (χ1) is 11.6. The van der Waals surface area contributed by atoms with Gasteiger partial charge < -0.3 is 10.0 Å². The van der Waals surface area contributed by atoms with Crippen molar-refractivity contribution in [1.82, 2.24) is 19.7 Å². The highest BCUT2D eigenvalue weighted by Crippen LogP contribution is 2.20. The second kappa shape index (κ2) is 7.08. The summed E-state index contributed by atoms with van der Waals surface area (Å²) in [5.74, 6) is -1.02. The molecule has 7 heteroatoms. The van der Waals surface area contributed by atoms with Crippen LogP contribution in [0.1, 0.15) is 34.8 Å². The van der Waals surface area contributed by atoms with Gasteiger partial charge in [-0.15, -0.1) is 0 Å². The summed E-state index contributed by atoms with van der Waals surface area (Å²) in [4.78, 5) is 28.9. The van der Waals surface area contributed by atoms with Gasteiger partial charge in [-0.2, -0.15) is 5.10 Å². The monoisotopic (exact) mass is 326 g/mol. The van der Waals surface area contributed by atoms with Crippen molar-refractivity contribution in [1.29, 1.82) is 0 Å². The molecule has 0 bridgehead atoms. The number of amides is 1. The van der Waals surface area contributed by atoms with E-state index in [1.165, 1.54) is 24.5 Å². The summed E-state index contributed by atoms with van der Waals surface area (Å²) in [6.07, 6.45) is 8.32. The smallest absolute Gasteiger partial charge is 0.335 e. The topological polar surface area (TPSA) is 88.3 Å². The van der Waals surface area contributed by atoms with E-state index < -0.39 is 5.97 Å². The van der Waals surface area contributed by atoms with Crippen LogP contribution < -0.4 is 0 Å². The summed E-state index contributed by atoms with van der Waals surface area (Å²) < 4.78 is 1.80. The number of carboxylic acid groups (broad SMARTS) is 1. The zero-order valence-electron chi connectivity index (χ0n) is 13.1. The lowest BCUT2D eigenvalue weighted by molar-refractivity contribution is -0.127. The third-order valence-electron chi connectivity index (χ3n) is 4.09. The summed E-state index contributed by atoms with van der Waals surface area (Å²) >= 11 is 0. The molecule has 0 aliphatic carbocycles. The molecule has 1 atom stereocenters. The Morgan fingerprint density at radius 3 is 2.71 bits per heavy atom. The van der Waals surface area contributed by atoms with Crippen molar-refractivity contribution in [3.8, 4) is 0 Å². The van der Waals surface area contributed by atoms with Crippen LogP contribution in [0.25, 0.3) is 6.08 Å². The summed E-state index contributed by atoms with van der Waals surface area (Å²) in [5, 5.41) is 13.0. The maximum Gasteiger partial charge on any atom is 0.335 e. The van der Waals surface area contributed by atoms with E-state index in [0.717, 1.165) is 24.9 Å². The average molecular weight is 326 g/mol. The predicted molar refractivity (Wildman–Crippen MR) is 87.3 cm³/mol. The molecule has 1 N–H and O–H groups in total. The molecule has 1 aromatic carbocycles. The summed E-state index contributed by atoms with van der Waals surface area (Å²) in [6.45, 7) is 1.34. The van der Waals surface area contributed by atoms with Gasteiger partial charge in [-0.3, -0.25) is 4.79 Å². The number of carbonyl (C=O) groups excluding carboxylic acids is 1. The van der Waals surface area contributed by atoms with Crippen LogP contribution in [0.2, 0.25) is 0 Å². The van der Waals surface area contributed by atoms with Crippen LogP contribution in [0.5, 0.6) is 0 Å². The third kappa shape index (κ3) is 3.68. The number of aromatic carboxylic acids is 1. The fraction of sp³-hybridized carbons (Fsp3) is 0.294. The Bertz CT molecular complexity index is 738. The molecule has 1 unspecified atom stereocenters. The lowest BCUT2D eigenvalue weighted by Gasteiger charge is -2.31. The molecule has 1 saturated heterocycles. The van der Waals surface area contributed by atoms with Gasteiger partial charge in [0.25, 0.3) is 0 Å². The number of likely N-dealkylation sites (tertiary alicyclic amines) is 1. The molecule has 0 saturated carbocycles. The zero-order chi connectivity index (χ0) is 16.9. The number of rotatable bonds is 4. The first-order valence-electron chi connectivity index (χ1n) is 7.78. The lowest BCUT2D eigenvalue weighted by atomic mass is 10.1. The lowest BCUT2D eigenvalue weighted by Crippen LogP contribution is -2.40. The minimum atomic E-state index is -0.964. The molecule has 0 spiro atoms. The normalized spacial score (nSPS) is 18.0. The molecule has 1 aromatic heterocycles. The fourth-order valence-electron chi connectivity index (χ4n) is 2.79. The van der Waals surface area contributed by atoms with Crippen molar-refractivity contribution in [2.24, 2.45) is 0 Å². The first-order valence-corrected chi connectivity index (χ1v) is 7.78. The molecule has 7 nitrogen and oxygen atoms in total. The molecule has 2 aromatic rings. The highest BCUT2D eigenvalue weighted by Gasteiger charge is 2.23. The Labute approximate surface area is 139 Å². The van der Waals surface area contributed by atoms with E-state index in [9.17, 15) is 9.59 Å². The maximum absolute atomic E-state index is 12.4. The van der Waals surface area contributed by atoms with Crippen molar-refractivity contribution >= 4 is 18.0 Å². The Hall–Kier alpha value is -2.96. The van der Waals surface area contributed by atoms with E-state index in [1.807, 2.05) is 0 Å². The molecule has 3 rings (SSSR count). The van der Waals surface area contributed by atoms with Gasteiger partial charge in [0.05, 0.1) is 11.6 Å². The summed E-state index contributed by atoms with van der Waals surface area (Å²) in [5.41, 5.74) is 1.02. The number of carbonyl (C=O) groups is 2. The molecule has 124 valence electrons. The van der Waals surface area contributed by atoms with Gasteiger partial charge in [0.2, 0.25) is 5.91 Å². The van der Waals surface area contributed by atoms with E-state index in [4.69, 9.17) is 5.11 Å². The van der Waals surface area contributed by atoms with Crippen molar-refractivity contribution in [2.45, 2.75) is 18.9 Å². The first kappa shape index (κ1) is 15.9. The van der Waals surface area contributed by atoms with Gasteiger partial charge in [0, 0.05) is 19.2 Å². The number of carboxylic acids is 1. The Morgan fingerprint density at radius 1 is 1.25 bits per heavy atom. The molecular weight excluding hydrogens is 308 g/mol. The summed E-state index contributed by atoms with van der Waals surface area (Å²) in [7, 11) is 0. The molecular formula is C17H18N4O3. The molecule has 1 fully saturated rings. The van der Waals surface area contributed by atoms with Gasteiger partial charge in [-0.1, -0.05) is 12.1 Å². The van der Waals surface area contributed by atoms with Crippen LogP contribution in [0, 0.1) is 0 Å². The van der Waals surface area contributed by atoms with Crippen molar-refractivity contribution in [3.05, 3.63) is 54.1 Å². The van der Waals surface area contributed by atoms with Gasteiger partial charge in [-0.25, -0.2) is 14.5 Å². The van der Waals surface area contributed by atoms with Crippen molar-refractivity contribution in [2.75, 3.05) is 13.1 Å². The Balaban J connectivity index is 1.62. The maximum atomic E-state index is 12.4. The van der Waals surface area contributed by atoms with Gasteiger partial charge in [0.15, 0.2) is 0 Å². The number of benzene rings is 1. The van der Waals surface area contributed by atoms with Crippen molar-refractivity contribution in [3.63, 3.8) is 0 Å². The molecule has 1 aliphatic heterocycles. The molecule has 24 heavy (non-hydrogen) atoms. The SMILES string of the molecule is O=C(O)c1ccc(C=CC(=O)N2CCCC(n3cncn3)C2)cc1. The largest absolute Gasteiger partial charge is 0.478 e. The molecule has 1 aliphatic rings. The third-order valence-corrected chi connectivity index (χ3v) is 4.09. The van der Waals surface area contributed by atoms with Crippen molar-refractivity contribution < 1.29 is 14.7 Å². The minimum Gasteiger partial charge on any atom is -0.478 e. The van der Waals surface area contributed by atoms with Gasteiger partial charge in [-0.05, 0) is 36.6 Å². The second-order valence-electron chi connectivity index (χ2n) is 5.72. The van der Waals surface area contributed by atoms with Gasteiger partial charge in [0.1, 0.15) is 12.7 Å². The van der Waals surface area contributed by atoms with Crippen LogP contribution in [0.15, 0.2) is 43.0 Å². The fourth-order valence-corrected chi connectivity index (χ4v) is 2.79. The van der Waals surface area contributed by atoms with E-state index >= 15 is 0 Å². The number of piperidine rings is 1. The number of nitrogens with zero attached hydrogens (tertiary/aromatic N) is 4. The average Bonchev–Trinajstić information content (AvgIpc) is 3.15. The van der Waals surface area contributed by atoms with E-state index in [1.54, 1.807) is 34.1 Å². The Morgan fingerprint density at radius 2 is 2.04 bits per heavy atom. The highest BCUT2D eigenvalue weighted by molar-refractivity contribution is 5.92. The standard InChI is InChI=1S/C17H18N4O3/c22-16(8-5-13-3-6-14(7-4-13)17(23)24)20-9-1-2-15(10-20)21-12-18-11-19-21/h3-8,11-12,15H,1-2,9-10H2,(H,23,24). The van der Waals surface area contributed by atoms with Crippen LogP contribution in [0.3, 0.4) is 0 Å². The Kier molecular flexibility index (Phi) is 4.69. The highest BCUT2D eigenvalue weighted by atomic mass is 16.4. The van der Waals surface area contributed by atoms with Crippen LogP contribution in [-0.4, -0.2) is 49.7 Å². The number of hydrogen-bond acceptors (Lipinski definition) is 4. The van der Waals surface area contributed by atoms with Crippen LogP contribution in [0.4, 0.5) is 0 Å². The summed E-state index contributed by atoms with van der Waals surface area (Å²) in [6, 6.07) is 6.57. The number of hydrogen-bond donors (Lipinski definition) is 1. The second-order valence-corrected chi connectivity index (χ2v) is 5.72. The predicted octanol–water partition coefficient (Wildman–Crippen LogP) is 1.85. The van der Waals surface area contributed by atoms with Crippen LogP contribution in [-0.2, 0) is 4.79 Å². The number of aromatic nitrogens is 3. The van der Waals surface area contributed by atoms with E-state index in [-0.39, 0.29) is 17.5 Å². The molecule has 0 radical (unpaired) electrons. The van der Waals surface area contributed by atoms with E-state index in [2.05, 4.69) is 10.1 Å². The molecule has 2 heterocycles. The quantitative estimate of drug-likeness (QED) is 0.866. The molecule has 1 amide bonds. The van der Waals surface area contributed by atoms with E-state index in [0.29, 0.717) is 6.54 Å². The van der Waals surface area contributed by atoms with Crippen LogP contribution >= 0.6 is 0 Å². The van der Waals surface area contributed by atoms with Gasteiger partial charge >= 0.3 is 5.97 Å². The minimum absolute atomic E-state index is 0.0536. The zero-order valence-corrected chi connectivity index (χ0v) is 13.1.